The Morgan fingerprint density at radius 3 is 1.63 bits per heavy atom. The van der Waals surface area contributed by atoms with Crippen LogP contribution < -0.4 is 4.90 Å². The molecule has 0 fully saturated rings. The van der Waals surface area contributed by atoms with Gasteiger partial charge in [-0.15, -0.1) is 0 Å². The highest BCUT2D eigenvalue weighted by atomic mass is 16.3. The van der Waals surface area contributed by atoms with Crippen LogP contribution in [-0.4, -0.2) is 0 Å². The second kappa shape index (κ2) is 12.2. The Hall–Kier alpha value is -7.16. The zero-order valence-corrected chi connectivity index (χ0v) is 29.4. The Morgan fingerprint density at radius 1 is 0.296 bits per heavy atom. The first-order chi connectivity index (χ1) is 26.8. The molecule has 0 aliphatic carbocycles. The summed E-state index contributed by atoms with van der Waals surface area (Å²) in [5.41, 5.74) is 9.79. The number of benzene rings is 10. The van der Waals surface area contributed by atoms with E-state index in [0.717, 1.165) is 50.1 Å². The first-order valence-electron chi connectivity index (χ1n) is 18.5. The largest absolute Gasteiger partial charge is 0.456 e. The minimum absolute atomic E-state index is 0.904. The lowest BCUT2D eigenvalue weighted by molar-refractivity contribution is 0.669. The molecule has 1 heterocycles. The molecule has 252 valence electrons. The predicted octanol–water partition coefficient (Wildman–Crippen LogP) is 15.0. The number of hydrogen-bond acceptors (Lipinski definition) is 2. The Balaban J connectivity index is 1.10. The summed E-state index contributed by atoms with van der Waals surface area (Å²) in [6.07, 6.45) is 0. The molecule has 2 nitrogen and oxygen atoms in total. The van der Waals surface area contributed by atoms with Gasteiger partial charge in [0.25, 0.3) is 0 Å². The lowest BCUT2D eigenvalue weighted by atomic mass is 9.94. The van der Waals surface area contributed by atoms with Gasteiger partial charge in [0, 0.05) is 27.8 Å². The van der Waals surface area contributed by atoms with Crippen molar-refractivity contribution >= 4 is 82.1 Å². The van der Waals surface area contributed by atoms with Crippen LogP contribution >= 0.6 is 0 Å². The first kappa shape index (κ1) is 30.5. The molecule has 0 amide bonds. The van der Waals surface area contributed by atoms with Crippen molar-refractivity contribution in [1.29, 1.82) is 0 Å². The highest BCUT2D eigenvalue weighted by molar-refractivity contribution is 6.25. The van der Waals surface area contributed by atoms with E-state index in [2.05, 4.69) is 193 Å². The summed E-state index contributed by atoms with van der Waals surface area (Å²) < 4.78 is 6.25. The minimum atomic E-state index is 0.904. The molecule has 0 radical (unpaired) electrons. The van der Waals surface area contributed by atoms with Gasteiger partial charge < -0.3 is 9.32 Å². The van der Waals surface area contributed by atoms with Crippen molar-refractivity contribution < 1.29 is 4.42 Å². The summed E-state index contributed by atoms with van der Waals surface area (Å²) in [7, 11) is 0. The maximum Gasteiger partial charge on any atom is 0.136 e. The Kier molecular flexibility index (Phi) is 6.90. The summed E-state index contributed by atoms with van der Waals surface area (Å²) in [5.74, 6) is 0. The van der Waals surface area contributed by atoms with Gasteiger partial charge in [0.1, 0.15) is 11.2 Å². The predicted molar refractivity (Wildman–Crippen MR) is 229 cm³/mol. The Morgan fingerprint density at radius 2 is 0.852 bits per heavy atom. The molecule has 0 bridgehead atoms. The fourth-order valence-electron chi connectivity index (χ4n) is 8.48. The number of nitrogens with zero attached hydrogens (tertiary/aromatic N) is 1. The van der Waals surface area contributed by atoms with Crippen LogP contribution in [0.4, 0.5) is 17.1 Å². The lowest BCUT2D eigenvalue weighted by Crippen LogP contribution is -2.10. The normalized spacial score (nSPS) is 11.7. The average Bonchev–Trinajstić information content (AvgIpc) is 3.63. The fraction of sp³-hybridized carbons (Fsp3) is 0. The third-order valence-electron chi connectivity index (χ3n) is 11.0. The van der Waals surface area contributed by atoms with Crippen LogP contribution in [0, 0.1) is 0 Å². The molecule has 0 atom stereocenters. The van der Waals surface area contributed by atoms with Crippen LogP contribution in [0.3, 0.4) is 0 Å². The van der Waals surface area contributed by atoms with E-state index in [1.165, 1.54) is 54.2 Å². The molecule has 54 heavy (non-hydrogen) atoms. The van der Waals surface area contributed by atoms with E-state index in [4.69, 9.17) is 4.42 Å². The molecular weight excluding hydrogens is 655 g/mol. The third-order valence-corrected chi connectivity index (χ3v) is 11.0. The SMILES string of the molecule is c1cc(-c2ccc3ccccc3c2)cc(N(c2ccc(-c3cccc4oc5ccccc5c34)cc2)c2ccc3c4ccccc4c4ccccc4c3c2)c1. The van der Waals surface area contributed by atoms with E-state index in [1.54, 1.807) is 0 Å². The third kappa shape index (κ3) is 4.88. The molecule has 0 aliphatic heterocycles. The first-order valence-corrected chi connectivity index (χ1v) is 18.5. The Labute approximate surface area is 312 Å². The number of hydrogen-bond donors (Lipinski definition) is 0. The topological polar surface area (TPSA) is 16.4 Å². The van der Waals surface area contributed by atoms with Crippen molar-refractivity contribution in [2.45, 2.75) is 0 Å². The number of fused-ring (bicyclic) bond motifs is 10. The summed E-state index contributed by atoms with van der Waals surface area (Å²) in [6, 6.07) is 72.4. The summed E-state index contributed by atoms with van der Waals surface area (Å²) in [4.78, 5) is 2.39. The highest BCUT2D eigenvalue weighted by Crippen LogP contribution is 2.43. The summed E-state index contributed by atoms with van der Waals surface area (Å²) in [6.45, 7) is 0. The van der Waals surface area contributed by atoms with Gasteiger partial charge in [0.15, 0.2) is 0 Å². The minimum Gasteiger partial charge on any atom is -0.456 e. The highest BCUT2D eigenvalue weighted by Gasteiger charge is 2.18. The van der Waals surface area contributed by atoms with E-state index in [-0.39, 0.29) is 0 Å². The van der Waals surface area contributed by atoms with E-state index in [0.29, 0.717) is 0 Å². The zero-order valence-electron chi connectivity index (χ0n) is 29.4. The van der Waals surface area contributed by atoms with Crippen LogP contribution in [-0.2, 0) is 0 Å². The van der Waals surface area contributed by atoms with Gasteiger partial charge in [-0.2, -0.15) is 0 Å². The van der Waals surface area contributed by atoms with E-state index < -0.39 is 0 Å². The molecule has 10 aromatic carbocycles. The lowest BCUT2D eigenvalue weighted by Gasteiger charge is -2.27. The molecule has 0 unspecified atom stereocenters. The smallest absolute Gasteiger partial charge is 0.136 e. The van der Waals surface area contributed by atoms with Crippen molar-refractivity contribution in [2.75, 3.05) is 4.90 Å². The molecular formula is C52H33NO. The molecule has 2 heteroatoms. The van der Waals surface area contributed by atoms with Crippen molar-refractivity contribution in [3.05, 3.63) is 200 Å². The maximum absolute atomic E-state index is 6.25. The van der Waals surface area contributed by atoms with Gasteiger partial charge in [0.05, 0.1) is 0 Å². The van der Waals surface area contributed by atoms with Crippen LogP contribution in [0.25, 0.3) is 87.3 Å². The summed E-state index contributed by atoms with van der Waals surface area (Å²) >= 11 is 0. The molecule has 11 rings (SSSR count). The molecule has 0 N–H and O–H groups in total. The molecule has 0 spiro atoms. The second-order valence-corrected chi connectivity index (χ2v) is 14.1. The number of furan rings is 1. The van der Waals surface area contributed by atoms with Gasteiger partial charge in [-0.1, -0.05) is 146 Å². The van der Waals surface area contributed by atoms with Gasteiger partial charge in [-0.05, 0) is 120 Å². The Bertz CT molecular complexity index is 3190. The van der Waals surface area contributed by atoms with E-state index in [9.17, 15) is 0 Å². The van der Waals surface area contributed by atoms with Crippen LogP contribution in [0.5, 0.6) is 0 Å². The maximum atomic E-state index is 6.25. The quantitative estimate of drug-likeness (QED) is 0.168. The average molecular weight is 688 g/mol. The standard InChI is InChI=1S/C52H33NO/c1-2-12-36-31-38(24-23-34(36)11-1)37-13-9-14-40(32-37)53(41-29-30-47-45-17-4-3-15-43(45)44-16-5-6-18-46(44)49(47)33-41)39-27-25-35(26-28-39)42-20-10-22-51-52(42)48-19-7-8-21-50(48)54-51/h1-33H. The van der Waals surface area contributed by atoms with Crippen molar-refractivity contribution in [3.63, 3.8) is 0 Å². The molecule has 0 saturated heterocycles. The molecule has 11 aromatic rings. The van der Waals surface area contributed by atoms with Gasteiger partial charge in [-0.3, -0.25) is 0 Å². The molecule has 0 saturated carbocycles. The van der Waals surface area contributed by atoms with E-state index >= 15 is 0 Å². The van der Waals surface area contributed by atoms with Gasteiger partial charge in [0.2, 0.25) is 0 Å². The second-order valence-electron chi connectivity index (χ2n) is 14.1. The number of para-hydroxylation sites is 1. The molecule has 0 aliphatic rings. The van der Waals surface area contributed by atoms with Crippen LogP contribution in [0.2, 0.25) is 0 Å². The van der Waals surface area contributed by atoms with Crippen LogP contribution in [0.15, 0.2) is 205 Å². The van der Waals surface area contributed by atoms with Crippen molar-refractivity contribution in [2.24, 2.45) is 0 Å². The number of anilines is 3. The van der Waals surface area contributed by atoms with Crippen molar-refractivity contribution in [3.8, 4) is 22.3 Å². The summed E-state index contributed by atoms with van der Waals surface area (Å²) in [5, 5.41) is 12.3. The van der Waals surface area contributed by atoms with E-state index in [1.807, 2.05) is 12.1 Å². The van der Waals surface area contributed by atoms with Crippen molar-refractivity contribution in [1.82, 2.24) is 0 Å². The van der Waals surface area contributed by atoms with Gasteiger partial charge in [-0.25, -0.2) is 0 Å². The number of rotatable bonds is 5. The fourth-order valence-corrected chi connectivity index (χ4v) is 8.48. The molecule has 1 aromatic heterocycles. The zero-order chi connectivity index (χ0) is 35.6. The van der Waals surface area contributed by atoms with Crippen LogP contribution in [0.1, 0.15) is 0 Å². The monoisotopic (exact) mass is 687 g/mol. The van der Waals surface area contributed by atoms with Gasteiger partial charge >= 0.3 is 0 Å².